The highest BCUT2D eigenvalue weighted by Gasteiger charge is 2.39. The van der Waals surface area contributed by atoms with Crippen molar-refractivity contribution >= 4 is 24.0 Å². The van der Waals surface area contributed by atoms with E-state index in [9.17, 15) is 24.3 Å². The maximum atomic E-state index is 13.5. The van der Waals surface area contributed by atoms with Crippen LogP contribution in [0.3, 0.4) is 0 Å². The highest BCUT2D eigenvalue weighted by atomic mass is 16.5. The van der Waals surface area contributed by atoms with E-state index < -0.39 is 24.3 Å². The summed E-state index contributed by atoms with van der Waals surface area (Å²) in [5, 5.41) is 12.2. The van der Waals surface area contributed by atoms with E-state index in [-0.39, 0.29) is 36.4 Å². The zero-order valence-electron chi connectivity index (χ0n) is 31.2. The first-order chi connectivity index (χ1) is 26.0. The molecule has 4 heterocycles. The van der Waals surface area contributed by atoms with Gasteiger partial charge in [-0.05, 0) is 53.9 Å². The van der Waals surface area contributed by atoms with Crippen LogP contribution in [0.15, 0.2) is 60.9 Å². The fourth-order valence-corrected chi connectivity index (χ4v) is 7.33. The Kier molecular flexibility index (Phi) is 11.6. The van der Waals surface area contributed by atoms with E-state index in [4.69, 9.17) is 9.47 Å². The summed E-state index contributed by atoms with van der Waals surface area (Å²) in [6.07, 6.45) is 4.85. The van der Waals surface area contributed by atoms with Crippen molar-refractivity contribution in [3.05, 3.63) is 72.6 Å². The molecule has 2 aliphatic rings. The number of carboxylic acid groups (broad SMARTS) is 1. The molecule has 6 rings (SSSR count). The van der Waals surface area contributed by atoms with Crippen LogP contribution in [0.1, 0.15) is 63.3 Å². The van der Waals surface area contributed by atoms with Crippen molar-refractivity contribution in [2.24, 2.45) is 5.92 Å². The number of carbonyl (C=O) groups is 4. The third kappa shape index (κ3) is 7.95. The quantitative estimate of drug-likeness (QED) is 0.146. The van der Waals surface area contributed by atoms with Crippen LogP contribution < -0.4 is 5.32 Å². The minimum Gasteiger partial charge on any atom is -0.465 e. The van der Waals surface area contributed by atoms with Crippen LogP contribution in [0.5, 0.6) is 0 Å². The van der Waals surface area contributed by atoms with Crippen LogP contribution in [0.2, 0.25) is 0 Å². The summed E-state index contributed by atoms with van der Waals surface area (Å²) >= 11 is 0. The van der Waals surface area contributed by atoms with E-state index in [1.54, 1.807) is 22.2 Å². The van der Waals surface area contributed by atoms with Gasteiger partial charge >= 0.3 is 12.2 Å². The number of hydrogen-bond donors (Lipinski definition) is 4. The molecule has 286 valence electrons. The minimum atomic E-state index is -1.19. The minimum absolute atomic E-state index is 0.0328. The molecule has 4 aromatic rings. The summed E-state index contributed by atoms with van der Waals surface area (Å²) < 4.78 is 9.92. The third-order valence-corrected chi connectivity index (χ3v) is 10.4. The van der Waals surface area contributed by atoms with Gasteiger partial charge in [0.05, 0.1) is 49.6 Å². The molecule has 0 saturated carbocycles. The van der Waals surface area contributed by atoms with Gasteiger partial charge in [0.1, 0.15) is 23.7 Å². The number of aromatic nitrogens is 4. The first-order valence-corrected chi connectivity index (χ1v) is 18.2. The third-order valence-electron chi connectivity index (χ3n) is 10.4. The molecule has 15 nitrogen and oxygen atoms in total. The van der Waals surface area contributed by atoms with Crippen molar-refractivity contribution in [1.82, 2.24) is 40.0 Å². The van der Waals surface area contributed by atoms with Crippen molar-refractivity contribution in [3.8, 4) is 33.6 Å². The van der Waals surface area contributed by atoms with Crippen molar-refractivity contribution < 1.29 is 33.8 Å². The average Bonchev–Trinajstić information content (AvgIpc) is 4.02. The molecule has 0 bridgehead atoms. The smallest absolute Gasteiger partial charge is 0.407 e. The zero-order chi connectivity index (χ0) is 38.5. The molecule has 4 atom stereocenters. The molecule has 2 aliphatic heterocycles. The first-order valence-electron chi connectivity index (χ1n) is 18.2. The number of likely N-dealkylation sites (tertiary alicyclic amines) is 2. The molecule has 0 aliphatic carbocycles. The maximum Gasteiger partial charge on any atom is 0.407 e. The second-order valence-electron chi connectivity index (χ2n) is 14.1. The number of rotatable bonds is 12. The molecule has 15 heteroatoms. The molecule has 2 saturated heterocycles. The fourth-order valence-electron chi connectivity index (χ4n) is 7.33. The Hall–Kier alpha value is -5.70. The number of nitrogens with one attached hydrogen (secondary N) is 3. The number of nitrogens with zero attached hydrogens (tertiary/aromatic N) is 5. The summed E-state index contributed by atoms with van der Waals surface area (Å²) in [5.41, 5.74) is 5.65. The normalized spacial score (nSPS) is 18.1. The largest absolute Gasteiger partial charge is 0.465 e. The van der Waals surface area contributed by atoms with Crippen molar-refractivity contribution in [2.75, 3.05) is 41.0 Å². The van der Waals surface area contributed by atoms with E-state index in [0.29, 0.717) is 24.7 Å². The molecule has 2 aromatic carbocycles. The summed E-state index contributed by atoms with van der Waals surface area (Å²) in [4.78, 5) is 71.1. The molecule has 0 spiro atoms. The number of imidazole rings is 2. The predicted molar refractivity (Wildman–Crippen MR) is 200 cm³/mol. The topological polar surface area (TPSA) is 186 Å². The fraction of sp³-hybridized carbons (Fsp3) is 0.436. The van der Waals surface area contributed by atoms with E-state index in [0.717, 1.165) is 64.2 Å². The number of carbonyl (C=O) groups excluding carboxylic acids is 3. The van der Waals surface area contributed by atoms with Crippen LogP contribution in [-0.4, -0.2) is 117 Å². The standard InChI is InChI=1S/C39H48N8O7/c1-23(2)33(44-38(50)54-5)37(49)47-19-7-9-31(47)35-41-21-29(43-35)27-16-12-25(13-17-27)24-10-14-26(15-11-24)28-20-40-34(42-28)30-8-6-18-46(30)36(48)32(22-53-4)45(3)39(51)52/h10-17,20-21,23,30-33H,6-9,18-19,22H2,1-5H3,(H,40,42)(H,41,43)(H,44,50)(H,51,52)/t30-,31-,32-,33-/m0/s1. The Balaban J connectivity index is 1.11. The average molecular weight is 741 g/mol. The Morgan fingerprint density at radius 2 is 1.28 bits per heavy atom. The maximum absolute atomic E-state index is 13.5. The molecule has 4 amide bonds. The van der Waals surface area contributed by atoms with Crippen LogP contribution in [0, 0.1) is 5.92 Å². The Labute approximate surface area is 314 Å². The molecule has 2 aromatic heterocycles. The van der Waals surface area contributed by atoms with Gasteiger partial charge in [-0.25, -0.2) is 19.6 Å². The summed E-state index contributed by atoms with van der Waals surface area (Å²) in [7, 11) is 4.11. The number of ether oxygens (including phenoxy) is 2. The van der Waals surface area contributed by atoms with Gasteiger partial charge in [-0.1, -0.05) is 62.4 Å². The summed E-state index contributed by atoms with van der Waals surface area (Å²) in [6, 6.07) is 14.2. The highest BCUT2D eigenvalue weighted by Crippen LogP contribution is 2.35. The number of hydrogen-bond acceptors (Lipinski definition) is 8. The van der Waals surface area contributed by atoms with Gasteiger partial charge in [0.15, 0.2) is 0 Å². The van der Waals surface area contributed by atoms with Crippen LogP contribution in [-0.2, 0) is 19.1 Å². The lowest BCUT2D eigenvalue weighted by molar-refractivity contribution is -0.139. The molecule has 0 unspecified atom stereocenters. The number of benzene rings is 2. The molecule has 0 radical (unpaired) electrons. The second kappa shape index (κ2) is 16.5. The Bertz CT molecular complexity index is 1940. The monoisotopic (exact) mass is 740 g/mol. The second-order valence-corrected chi connectivity index (χ2v) is 14.1. The van der Waals surface area contributed by atoms with Crippen LogP contribution in [0.25, 0.3) is 33.6 Å². The van der Waals surface area contributed by atoms with Gasteiger partial charge in [-0.2, -0.15) is 0 Å². The number of H-pyrrole nitrogens is 2. The number of alkyl carbamates (subject to hydrolysis) is 1. The SMILES string of the molecule is COC[C@@H](C(=O)N1CCC[C@H]1c1ncc(-c2ccc(-c3ccc(-c4cnc([C@@H]5CCCN5C(=O)[C@@H](NC(=O)OC)C(C)C)[nH]4)cc3)cc2)[nH]1)N(C)C(=O)O. The lowest BCUT2D eigenvalue weighted by Gasteiger charge is -2.31. The lowest BCUT2D eigenvalue weighted by atomic mass is 10.0. The number of likely N-dealkylation sites (N-methyl/N-ethyl adjacent to an activating group) is 1. The van der Waals surface area contributed by atoms with Crippen LogP contribution in [0.4, 0.5) is 9.59 Å². The number of aromatic amines is 2. The summed E-state index contributed by atoms with van der Waals surface area (Å²) in [6.45, 7) is 4.86. The molecule has 2 fully saturated rings. The van der Waals surface area contributed by atoms with E-state index in [2.05, 4.69) is 37.4 Å². The molecular formula is C39H48N8O7. The lowest BCUT2D eigenvalue weighted by Crippen LogP contribution is -2.51. The van der Waals surface area contributed by atoms with Gasteiger partial charge < -0.3 is 39.7 Å². The van der Waals surface area contributed by atoms with Crippen LogP contribution >= 0.6 is 0 Å². The zero-order valence-corrected chi connectivity index (χ0v) is 31.2. The van der Waals surface area contributed by atoms with Crippen molar-refractivity contribution in [2.45, 2.75) is 63.7 Å². The molecular weight excluding hydrogens is 692 g/mol. The highest BCUT2D eigenvalue weighted by molar-refractivity contribution is 5.87. The Morgan fingerprint density at radius 1 is 0.815 bits per heavy atom. The molecule has 54 heavy (non-hydrogen) atoms. The first kappa shape index (κ1) is 38.0. The van der Waals surface area contributed by atoms with Crippen molar-refractivity contribution in [3.63, 3.8) is 0 Å². The van der Waals surface area contributed by atoms with E-state index >= 15 is 0 Å². The van der Waals surface area contributed by atoms with Gasteiger partial charge in [-0.15, -0.1) is 0 Å². The van der Waals surface area contributed by atoms with E-state index in [1.165, 1.54) is 21.3 Å². The molecule has 4 N–H and O–H groups in total. The van der Waals surface area contributed by atoms with Crippen molar-refractivity contribution in [1.29, 1.82) is 0 Å². The van der Waals surface area contributed by atoms with Gasteiger partial charge in [0, 0.05) is 27.2 Å². The predicted octanol–water partition coefficient (Wildman–Crippen LogP) is 5.47. The number of amides is 4. The van der Waals surface area contributed by atoms with Gasteiger partial charge in [0.25, 0.3) is 0 Å². The van der Waals surface area contributed by atoms with Gasteiger partial charge in [-0.3, -0.25) is 14.5 Å². The van der Waals surface area contributed by atoms with Gasteiger partial charge in [0.2, 0.25) is 11.8 Å². The Morgan fingerprint density at radius 3 is 1.70 bits per heavy atom. The number of methoxy groups -OCH3 is 2. The van der Waals surface area contributed by atoms with E-state index in [1.807, 2.05) is 50.2 Å². The summed E-state index contributed by atoms with van der Waals surface area (Å²) in [5.74, 6) is 0.817.